The van der Waals surface area contributed by atoms with Gasteiger partial charge in [0.2, 0.25) is 15.9 Å². The van der Waals surface area contributed by atoms with Crippen LogP contribution in [0, 0.1) is 17.3 Å². The van der Waals surface area contributed by atoms with E-state index in [1.165, 1.54) is 39.7 Å². The predicted octanol–water partition coefficient (Wildman–Crippen LogP) is 4.02. The molecule has 0 bridgehead atoms. The van der Waals surface area contributed by atoms with Gasteiger partial charge in [0.05, 0.1) is 41.3 Å². The molecule has 1 fully saturated rings. The van der Waals surface area contributed by atoms with E-state index >= 15 is 0 Å². The van der Waals surface area contributed by atoms with Crippen LogP contribution in [0.4, 0.5) is 4.79 Å². The fourth-order valence-corrected chi connectivity index (χ4v) is 8.92. The van der Waals surface area contributed by atoms with E-state index in [1.807, 2.05) is 44.2 Å². The van der Waals surface area contributed by atoms with Gasteiger partial charge in [0.15, 0.2) is 0 Å². The summed E-state index contributed by atoms with van der Waals surface area (Å²) in [7, 11) is -4.18. The van der Waals surface area contributed by atoms with Gasteiger partial charge in [-0.1, -0.05) is 88.3 Å². The van der Waals surface area contributed by atoms with E-state index in [1.54, 1.807) is 50.8 Å². The number of aromatic nitrogens is 1. The first-order valence-corrected chi connectivity index (χ1v) is 18.9. The number of oxime groups is 1. The second-order valence-corrected chi connectivity index (χ2v) is 16.8. The molecule has 13 nitrogen and oxygen atoms in total. The second kappa shape index (κ2) is 16.5. The van der Waals surface area contributed by atoms with Crippen molar-refractivity contribution in [2.24, 2.45) is 28.1 Å². The lowest BCUT2D eigenvalue weighted by atomic mass is 9.61. The van der Waals surface area contributed by atoms with E-state index in [9.17, 15) is 28.2 Å². The van der Waals surface area contributed by atoms with Crippen LogP contribution in [0.25, 0.3) is 0 Å². The number of nitrogens with two attached hydrogens (primary N) is 1. The number of rotatable bonds is 16. The fourth-order valence-electron chi connectivity index (χ4n) is 7.30. The van der Waals surface area contributed by atoms with E-state index in [0.29, 0.717) is 17.0 Å². The summed E-state index contributed by atoms with van der Waals surface area (Å²) >= 11 is 0. The van der Waals surface area contributed by atoms with Gasteiger partial charge in [-0.25, -0.2) is 13.2 Å². The summed E-state index contributed by atoms with van der Waals surface area (Å²) in [6.45, 7) is 10.9. The number of aliphatic hydroxyl groups is 2. The first-order valence-electron chi connectivity index (χ1n) is 17.4. The molecule has 5 N–H and O–H groups in total. The third kappa shape index (κ3) is 8.63. The lowest BCUT2D eigenvalue weighted by Gasteiger charge is -2.54. The Morgan fingerprint density at radius 1 is 0.981 bits per heavy atom. The molecule has 1 aromatic heterocycles. The molecule has 1 aliphatic heterocycles. The van der Waals surface area contributed by atoms with Crippen LogP contribution in [0.1, 0.15) is 70.2 Å². The summed E-state index contributed by atoms with van der Waals surface area (Å²) in [5.41, 5.74) is 5.86. The number of aliphatic hydroxyl groups excluding tert-OH is 2. The van der Waals surface area contributed by atoms with Crippen molar-refractivity contribution >= 4 is 28.2 Å². The number of amides is 3. The number of carbonyl (C=O) groups excluding carboxylic acids is 2. The van der Waals surface area contributed by atoms with Gasteiger partial charge in [-0.3, -0.25) is 9.78 Å². The largest absolute Gasteiger partial charge is 0.411 e. The van der Waals surface area contributed by atoms with Crippen molar-refractivity contribution in [1.82, 2.24) is 19.1 Å². The number of sulfonamides is 1. The molecule has 14 heteroatoms. The van der Waals surface area contributed by atoms with Crippen LogP contribution in [0.5, 0.6) is 0 Å². The Morgan fingerprint density at radius 3 is 2.19 bits per heavy atom. The SMILES string of the molecule is CC(C)CN(C[C@H](O)[C@@H](Cc1ccccc1)C(C(N)=O)(N1CCN(Cc2cccc(C(C)O)n2)C1=O)C(C)(C)C)S(=O)(=O)c1ccc(/C=N/O)cc1. The highest BCUT2D eigenvalue weighted by atomic mass is 32.2. The highest BCUT2D eigenvalue weighted by Gasteiger charge is 2.62. The number of hydrogen-bond acceptors (Lipinski definition) is 9. The Kier molecular flexibility index (Phi) is 12.8. The zero-order valence-electron chi connectivity index (χ0n) is 30.8. The van der Waals surface area contributed by atoms with Gasteiger partial charge in [-0.15, -0.1) is 0 Å². The molecular weight excluding hydrogens is 685 g/mol. The van der Waals surface area contributed by atoms with Gasteiger partial charge in [-0.2, -0.15) is 4.31 Å². The standard InChI is InChI=1S/C38H52N6O7S/c1-26(2)23-43(52(50,51)31-17-15-29(16-18-31)22-40-49)25-34(46)32(21-28-11-8-7-9-12-28)38(35(39)47,37(4,5)6)44-20-19-42(36(44)48)24-30-13-10-14-33(41-30)27(3)45/h7-18,22,26-27,32,34,45-46,49H,19-21,23-25H2,1-6H3,(H2,39,47)/b40-22+/t27?,32-,34+,38?/m1/s1. The molecule has 2 heterocycles. The lowest BCUT2D eigenvalue weighted by Crippen LogP contribution is -2.72. The van der Waals surface area contributed by atoms with Crippen molar-refractivity contribution in [1.29, 1.82) is 0 Å². The van der Waals surface area contributed by atoms with Crippen LogP contribution >= 0.6 is 0 Å². The van der Waals surface area contributed by atoms with Gasteiger partial charge in [0.1, 0.15) is 5.54 Å². The van der Waals surface area contributed by atoms with Gasteiger partial charge in [-0.05, 0) is 60.1 Å². The molecule has 0 radical (unpaired) electrons. The zero-order chi connectivity index (χ0) is 38.4. The predicted molar refractivity (Wildman–Crippen MR) is 198 cm³/mol. The number of carbonyl (C=O) groups is 2. The number of hydrogen-bond donors (Lipinski definition) is 4. The maximum Gasteiger partial charge on any atom is 0.321 e. The summed E-state index contributed by atoms with van der Waals surface area (Å²) < 4.78 is 29.6. The molecule has 3 amide bonds. The summed E-state index contributed by atoms with van der Waals surface area (Å²) in [4.78, 5) is 36.1. The van der Waals surface area contributed by atoms with Crippen molar-refractivity contribution in [3.8, 4) is 0 Å². The normalized spacial score (nSPS) is 17.2. The molecule has 4 atom stereocenters. The number of nitrogens with zero attached hydrogens (tertiary/aromatic N) is 5. The minimum absolute atomic E-state index is 0.0225. The average molecular weight is 737 g/mol. The van der Waals surface area contributed by atoms with Crippen LogP contribution in [0.15, 0.2) is 82.8 Å². The van der Waals surface area contributed by atoms with E-state index in [4.69, 9.17) is 10.9 Å². The minimum atomic E-state index is -4.18. The van der Waals surface area contributed by atoms with E-state index in [0.717, 1.165) is 5.56 Å². The third-order valence-electron chi connectivity index (χ3n) is 9.63. The van der Waals surface area contributed by atoms with Gasteiger partial charge in [0, 0.05) is 32.1 Å². The molecule has 1 saturated heterocycles. The first-order chi connectivity index (χ1) is 24.4. The van der Waals surface area contributed by atoms with E-state index < -0.39 is 51.0 Å². The van der Waals surface area contributed by atoms with Gasteiger partial charge < -0.3 is 31.0 Å². The topological polar surface area (TPSA) is 190 Å². The number of urea groups is 1. The third-order valence-corrected chi connectivity index (χ3v) is 11.5. The highest BCUT2D eigenvalue weighted by molar-refractivity contribution is 7.89. The molecule has 0 spiro atoms. The van der Waals surface area contributed by atoms with Crippen molar-refractivity contribution in [3.05, 3.63) is 95.3 Å². The molecule has 2 unspecified atom stereocenters. The Labute approximate surface area is 306 Å². The minimum Gasteiger partial charge on any atom is -0.411 e. The van der Waals surface area contributed by atoms with Crippen LogP contribution in [-0.2, 0) is 27.8 Å². The number of primary amides is 1. The van der Waals surface area contributed by atoms with Crippen LogP contribution < -0.4 is 5.73 Å². The maximum atomic E-state index is 14.4. The molecule has 52 heavy (non-hydrogen) atoms. The van der Waals surface area contributed by atoms with Gasteiger partial charge in [0.25, 0.3) is 0 Å². The summed E-state index contributed by atoms with van der Waals surface area (Å²) in [5.74, 6) is -2.00. The highest BCUT2D eigenvalue weighted by Crippen LogP contribution is 2.46. The van der Waals surface area contributed by atoms with Crippen LogP contribution in [0.2, 0.25) is 0 Å². The summed E-state index contributed by atoms with van der Waals surface area (Å²) in [6, 6.07) is 19.8. The van der Waals surface area contributed by atoms with Crippen molar-refractivity contribution < 1.29 is 33.4 Å². The Hall–Kier alpha value is -4.37. The smallest absolute Gasteiger partial charge is 0.321 e. The average Bonchev–Trinajstić information content (AvgIpc) is 3.43. The molecule has 2 aromatic carbocycles. The summed E-state index contributed by atoms with van der Waals surface area (Å²) in [5, 5.41) is 34.4. The quantitative estimate of drug-likeness (QED) is 0.0964. The Balaban J connectivity index is 1.81. The molecule has 1 aliphatic rings. The van der Waals surface area contributed by atoms with Gasteiger partial charge >= 0.3 is 6.03 Å². The fraction of sp³-hybridized carbons (Fsp3) is 0.474. The molecule has 3 aromatic rings. The lowest BCUT2D eigenvalue weighted by molar-refractivity contribution is -0.147. The van der Waals surface area contributed by atoms with E-state index in [2.05, 4.69) is 10.1 Å². The van der Waals surface area contributed by atoms with E-state index in [-0.39, 0.29) is 50.0 Å². The maximum absolute atomic E-state index is 14.4. The molecule has 0 aliphatic carbocycles. The summed E-state index contributed by atoms with van der Waals surface area (Å²) in [6.07, 6.45) is -0.976. The zero-order valence-corrected chi connectivity index (χ0v) is 31.6. The Bertz CT molecular complexity index is 1810. The van der Waals surface area contributed by atoms with Crippen LogP contribution in [-0.4, -0.2) is 98.9 Å². The molecular formula is C38H52N6O7S. The van der Waals surface area contributed by atoms with Crippen LogP contribution in [0.3, 0.4) is 0 Å². The molecule has 0 saturated carbocycles. The van der Waals surface area contributed by atoms with Crippen molar-refractivity contribution in [3.63, 3.8) is 0 Å². The first kappa shape index (κ1) is 40.4. The molecule has 4 rings (SSSR count). The van der Waals surface area contributed by atoms with Crippen molar-refractivity contribution in [2.45, 2.75) is 77.2 Å². The number of pyridine rings is 1. The second-order valence-electron chi connectivity index (χ2n) is 14.9. The Morgan fingerprint density at radius 2 is 1.63 bits per heavy atom. The monoisotopic (exact) mass is 736 g/mol. The molecule has 282 valence electrons. The van der Waals surface area contributed by atoms with Crippen molar-refractivity contribution in [2.75, 3.05) is 26.2 Å². The number of benzene rings is 2.